The van der Waals surface area contributed by atoms with Crippen molar-refractivity contribution in [3.63, 3.8) is 0 Å². The van der Waals surface area contributed by atoms with Crippen LogP contribution in [0.4, 0.5) is 0 Å². The van der Waals surface area contributed by atoms with Gasteiger partial charge in [0.25, 0.3) is 0 Å². The molecule has 0 fully saturated rings. The minimum Gasteiger partial charge on any atom is -0.488 e. The summed E-state index contributed by atoms with van der Waals surface area (Å²) in [6.45, 7) is 4.16. The molecule has 0 aromatic heterocycles. The van der Waals surface area contributed by atoms with E-state index in [0.29, 0.717) is 0 Å². The Morgan fingerprint density at radius 2 is 1.89 bits per heavy atom. The van der Waals surface area contributed by atoms with Crippen LogP contribution in [-0.2, 0) is 12.8 Å². The lowest BCUT2D eigenvalue weighted by Crippen LogP contribution is -2.31. The largest absolute Gasteiger partial charge is 0.488 e. The number of hydrogen-bond acceptors (Lipinski definition) is 2. The highest BCUT2D eigenvalue weighted by molar-refractivity contribution is 5.37. The lowest BCUT2D eigenvalue weighted by Gasteiger charge is -2.24. The number of aliphatic hydroxyl groups excluding tert-OH is 1. The minimum absolute atomic E-state index is 0.0819. The third-order valence-electron chi connectivity index (χ3n) is 4.02. The summed E-state index contributed by atoms with van der Waals surface area (Å²) >= 11 is 0. The fourth-order valence-electron chi connectivity index (χ4n) is 2.87. The van der Waals surface area contributed by atoms with Crippen LogP contribution in [0.25, 0.3) is 0 Å². The average molecular weight is 262 g/mol. The van der Waals surface area contributed by atoms with Crippen LogP contribution >= 0.6 is 0 Å². The van der Waals surface area contributed by atoms with Crippen molar-refractivity contribution in [3.8, 4) is 5.75 Å². The quantitative estimate of drug-likeness (QED) is 0.843. The van der Waals surface area contributed by atoms with Crippen molar-refractivity contribution in [2.75, 3.05) is 0 Å². The summed E-state index contributed by atoms with van der Waals surface area (Å²) in [6.07, 6.45) is 7.16. The molecule has 0 saturated heterocycles. The number of hydrogen-bond donors (Lipinski definition) is 1. The lowest BCUT2D eigenvalue weighted by molar-refractivity contribution is 0.0284. The second-order valence-corrected chi connectivity index (χ2v) is 5.56. The van der Waals surface area contributed by atoms with E-state index in [1.54, 1.807) is 0 Å². The first-order chi connectivity index (χ1) is 9.24. The maximum absolute atomic E-state index is 10.1. The molecule has 1 aromatic carbocycles. The minimum atomic E-state index is -0.356. The summed E-state index contributed by atoms with van der Waals surface area (Å²) in [7, 11) is 0. The molecule has 0 amide bonds. The molecule has 0 bridgehead atoms. The van der Waals surface area contributed by atoms with Gasteiger partial charge in [0.2, 0.25) is 0 Å². The van der Waals surface area contributed by atoms with E-state index in [1.165, 1.54) is 36.8 Å². The molecule has 0 aliphatic heterocycles. The molecule has 2 atom stereocenters. The molecular formula is C17H26O2. The highest BCUT2D eigenvalue weighted by atomic mass is 16.5. The Kier molecular flexibility index (Phi) is 5.26. The number of rotatable bonds is 6. The Hall–Kier alpha value is -1.02. The SMILES string of the molecule is CCCC(O)C(CC)Oc1ccc2c(c1)CCCC2. The van der Waals surface area contributed by atoms with Gasteiger partial charge in [-0.3, -0.25) is 0 Å². The third kappa shape index (κ3) is 3.73. The van der Waals surface area contributed by atoms with Crippen molar-refractivity contribution in [2.45, 2.75) is 71.0 Å². The third-order valence-corrected chi connectivity index (χ3v) is 4.02. The monoisotopic (exact) mass is 262 g/mol. The lowest BCUT2D eigenvalue weighted by atomic mass is 9.92. The van der Waals surface area contributed by atoms with Gasteiger partial charge >= 0.3 is 0 Å². The Balaban J connectivity index is 2.05. The van der Waals surface area contributed by atoms with Crippen molar-refractivity contribution in [1.29, 1.82) is 0 Å². The Morgan fingerprint density at radius 1 is 1.16 bits per heavy atom. The predicted molar refractivity (Wildman–Crippen MR) is 78.7 cm³/mol. The number of ether oxygens (including phenoxy) is 1. The van der Waals surface area contributed by atoms with Crippen molar-refractivity contribution in [3.05, 3.63) is 29.3 Å². The van der Waals surface area contributed by atoms with Gasteiger partial charge < -0.3 is 9.84 Å². The van der Waals surface area contributed by atoms with E-state index in [9.17, 15) is 5.11 Å². The zero-order valence-electron chi connectivity index (χ0n) is 12.2. The van der Waals surface area contributed by atoms with Crippen LogP contribution in [0.2, 0.25) is 0 Å². The summed E-state index contributed by atoms with van der Waals surface area (Å²) in [5, 5.41) is 10.1. The summed E-state index contributed by atoms with van der Waals surface area (Å²) < 4.78 is 5.99. The molecule has 1 N–H and O–H groups in total. The summed E-state index contributed by atoms with van der Waals surface area (Å²) in [6, 6.07) is 6.43. The maximum atomic E-state index is 10.1. The van der Waals surface area contributed by atoms with Crippen molar-refractivity contribution >= 4 is 0 Å². The fourth-order valence-corrected chi connectivity index (χ4v) is 2.87. The number of aliphatic hydroxyl groups is 1. The number of aryl methyl sites for hydroxylation is 2. The topological polar surface area (TPSA) is 29.5 Å². The van der Waals surface area contributed by atoms with Crippen molar-refractivity contribution < 1.29 is 9.84 Å². The molecule has 1 aliphatic rings. The Bertz CT molecular complexity index is 400. The van der Waals surface area contributed by atoms with Crippen LogP contribution in [-0.4, -0.2) is 17.3 Å². The molecule has 2 rings (SSSR count). The molecule has 19 heavy (non-hydrogen) atoms. The van der Waals surface area contributed by atoms with Crippen LogP contribution in [0.1, 0.15) is 57.1 Å². The van der Waals surface area contributed by atoms with E-state index >= 15 is 0 Å². The predicted octanol–water partition coefficient (Wildman–Crippen LogP) is 3.88. The van der Waals surface area contributed by atoms with Gasteiger partial charge in [-0.15, -0.1) is 0 Å². The van der Waals surface area contributed by atoms with E-state index in [2.05, 4.69) is 32.0 Å². The molecule has 2 heteroatoms. The Morgan fingerprint density at radius 3 is 2.58 bits per heavy atom. The van der Waals surface area contributed by atoms with Crippen LogP contribution in [0.15, 0.2) is 18.2 Å². The second-order valence-electron chi connectivity index (χ2n) is 5.56. The van der Waals surface area contributed by atoms with Crippen LogP contribution in [0, 0.1) is 0 Å². The second kappa shape index (κ2) is 6.95. The van der Waals surface area contributed by atoms with Gasteiger partial charge in [-0.2, -0.15) is 0 Å². The standard InChI is InChI=1S/C17H26O2/c1-3-7-16(18)17(4-2)19-15-11-10-13-8-5-6-9-14(13)12-15/h10-12,16-18H,3-9H2,1-2H3. The van der Waals surface area contributed by atoms with E-state index < -0.39 is 0 Å². The molecule has 1 aromatic rings. The van der Waals surface area contributed by atoms with Gasteiger partial charge in [0.15, 0.2) is 0 Å². The van der Waals surface area contributed by atoms with Crippen LogP contribution in [0.5, 0.6) is 5.75 Å². The fraction of sp³-hybridized carbons (Fsp3) is 0.647. The molecule has 0 spiro atoms. The molecule has 106 valence electrons. The Labute approximate surface area is 116 Å². The van der Waals surface area contributed by atoms with Crippen LogP contribution in [0.3, 0.4) is 0 Å². The van der Waals surface area contributed by atoms with Gasteiger partial charge in [0.05, 0.1) is 6.10 Å². The summed E-state index contributed by atoms with van der Waals surface area (Å²) in [4.78, 5) is 0. The zero-order chi connectivity index (χ0) is 13.7. The van der Waals surface area contributed by atoms with E-state index in [1.807, 2.05) is 0 Å². The van der Waals surface area contributed by atoms with Gasteiger partial charge in [-0.05, 0) is 61.8 Å². The molecule has 0 radical (unpaired) electrons. The van der Waals surface area contributed by atoms with E-state index in [0.717, 1.165) is 25.0 Å². The first-order valence-corrected chi connectivity index (χ1v) is 7.71. The highest BCUT2D eigenvalue weighted by Gasteiger charge is 2.19. The van der Waals surface area contributed by atoms with Gasteiger partial charge in [0.1, 0.15) is 11.9 Å². The first kappa shape index (κ1) is 14.4. The smallest absolute Gasteiger partial charge is 0.124 e. The van der Waals surface area contributed by atoms with Crippen molar-refractivity contribution in [1.82, 2.24) is 0 Å². The zero-order valence-corrected chi connectivity index (χ0v) is 12.2. The molecule has 2 nitrogen and oxygen atoms in total. The molecule has 0 heterocycles. The number of benzene rings is 1. The van der Waals surface area contributed by atoms with Crippen molar-refractivity contribution in [2.24, 2.45) is 0 Å². The van der Waals surface area contributed by atoms with Gasteiger partial charge in [0, 0.05) is 0 Å². The highest BCUT2D eigenvalue weighted by Crippen LogP contribution is 2.26. The average Bonchev–Trinajstić information content (AvgIpc) is 2.44. The first-order valence-electron chi connectivity index (χ1n) is 7.71. The molecule has 2 unspecified atom stereocenters. The van der Waals surface area contributed by atoms with E-state index in [4.69, 9.17) is 4.74 Å². The number of fused-ring (bicyclic) bond motifs is 1. The molecular weight excluding hydrogens is 236 g/mol. The maximum Gasteiger partial charge on any atom is 0.124 e. The molecule has 1 aliphatic carbocycles. The summed E-state index contributed by atoms with van der Waals surface area (Å²) in [5.41, 5.74) is 2.91. The summed E-state index contributed by atoms with van der Waals surface area (Å²) in [5.74, 6) is 0.919. The van der Waals surface area contributed by atoms with Crippen LogP contribution < -0.4 is 4.74 Å². The molecule has 0 saturated carbocycles. The van der Waals surface area contributed by atoms with Gasteiger partial charge in [-0.1, -0.05) is 26.3 Å². The normalized spacial score (nSPS) is 17.6. The van der Waals surface area contributed by atoms with Gasteiger partial charge in [-0.25, -0.2) is 0 Å². The van der Waals surface area contributed by atoms with E-state index in [-0.39, 0.29) is 12.2 Å².